The lowest BCUT2D eigenvalue weighted by atomic mass is 9.91. The van der Waals surface area contributed by atoms with Gasteiger partial charge in [0.15, 0.2) is 0 Å². The number of methoxy groups -OCH3 is 1. The Morgan fingerprint density at radius 2 is 2.24 bits per heavy atom. The van der Waals surface area contributed by atoms with Crippen molar-refractivity contribution in [1.82, 2.24) is 4.90 Å². The van der Waals surface area contributed by atoms with Gasteiger partial charge >= 0.3 is 6.09 Å². The number of carbonyl (C=O) groups excluding carboxylic acids is 2. The lowest BCUT2D eigenvalue weighted by Gasteiger charge is -2.28. The van der Waals surface area contributed by atoms with E-state index in [1.54, 1.807) is 11.9 Å². The molecule has 4 nitrogen and oxygen atoms in total. The molecule has 2 aliphatic rings. The monoisotopic (exact) mass is 257 g/mol. The van der Waals surface area contributed by atoms with Crippen molar-refractivity contribution >= 4 is 23.6 Å². The molecule has 1 amide bonds. The highest BCUT2D eigenvalue weighted by Gasteiger charge is 2.45. The molecule has 5 heteroatoms. The van der Waals surface area contributed by atoms with Crippen LogP contribution in [0.15, 0.2) is 0 Å². The average molecular weight is 257 g/mol. The molecule has 96 valence electrons. The van der Waals surface area contributed by atoms with Crippen LogP contribution < -0.4 is 0 Å². The zero-order valence-corrected chi connectivity index (χ0v) is 11.2. The molecule has 1 saturated carbocycles. The Balaban J connectivity index is 2.13. The fourth-order valence-corrected chi connectivity index (χ4v) is 4.55. The third-order valence-corrected chi connectivity index (χ3v) is 5.28. The van der Waals surface area contributed by atoms with Crippen molar-refractivity contribution in [2.45, 2.75) is 37.0 Å². The van der Waals surface area contributed by atoms with E-state index < -0.39 is 0 Å². The summed E-state index contributed by atoms with van der Waals surface area (Å²) in [5.41, 5.74) is 0. The van der Waals surface area contributed by atoms with Gasteiger partial charge in [-0.05, 0) is 12.8 Å². The third kappa shape index (κ3) is 2.44. The summed E-state index contributed by atoms with van der Waals surface area (Å²) in [7, 11) is 3.12. The van der Waals surface area contributed by atoms with Gasteiger partial charge in [-0.25, -0.2) is 4.79 Å². The van der Waals surface area contributed by atoms with Crippen LogP contribution in [0.3, 0.4) is 0 Å². The average Bonchev–Trinajstić information content (AvgIpc) is 2.68. The first-order valence-corrected chi connectivity index (χ1v) is 7.15. The van der Waals surface area contributed by atoms with E-state index in [0.717, 1.165) is 25.0 Å². The second-order valence-corrected chi connectivity index (χ2v) is 6.03. The quantitative estimate of drug-likeness (QED) is 0.720. The van der Waals surface area contributed by atoms with Crippen molar-refractivity contribution in [3.8, 4) is 0 Å². The van der Waals surface area contributed by atoms with E-state index in [4.69, 9.17) is 4.74 Å². The Bertz CT molecular complexity index is 321. The first-order valence-electron chi connectivity index (χ1n) is 6.10. The summed E-state index contributed by atoms with van der Waals surface area (Å²) in [5.74, 6) is 1.21. The number of thioether (sulfide) groups is 1. The number of amides is 1. The van der Waals surface area contributed by atoms with Crippen molar-refractivity contribution in [2.75, 3.05) is 19.9 Å². The predicted molar refractivity (Wildman–Crippen MR) is 67.2 cm³/mol. The second kappa shape index (κ2) is 5.29. The second-order valence-electron chi connectivity index (χ2n) is 4.76. The molecule has 17 heavy (non-hydrogen) atoms. The number of ether oxygens (including phenoxy) is 1. The molecule has 1 aliphatic carbocycles. The summed E-state index contributed by atoms with van der Waals surface area (Å²) in [6, 6.07) is 0.0167. The fourth-order valence-electron chi connectivity index (χ4n) is 2.81. The third-order valence-electron chi connectivity index (χ3n) is 3.79. The van der Waals surface area contributed by atoms with Crippen LogP contribution in [-0.4, -0.2) is 48.0 Å². The number of nitrogens with zero attached hydrogens (tertiary/aromatic N) is 1. The fraction of sp³-hybridized carbons (Fsp3) is 0.833. The molecule has 2 rings (SSSR count). The number of carbonyl (C=O) groups is 2. The first kappa shape index (κ1) is 12.7. The Kier molecular flexibility index (Phi) is 3.97. The lowest BCUT2D eigenvalue weighted by Crippen LogP contribution is -2.45. The van der Waals surface area contributed by atoms with Crippen molar-refractivity contribution in [3.63, 3.8) is 0 Å². The van der Waals surface area contributed by atoms with E-state index in [-0.39, 0.29) is 18.1 Å². The SMILES string of the molecule is COC(=O)N(C)[C@@H]1CS[C@@H]2CCCCC(=O)[C@H]12. The largest absolute Gasteiger partial charge is 0.453 e. The summed E-state index contributed by atoms with van der Waals surface area (Å²) in [6.45, 7) is 0. The van der Waals surface area contributed by atoms with Gasteiger partial charge in [0.1, 0.15) is 5.78 Å². The molecular formula is C12H19NO3S. The van der Waals surface area contributed by atoms with Gasteiger partial charge in [-0.1, -0.05) is 6.42 Å². The summed E-state index contributed by atoms with van der Waals surface area (Å²) in [4.78, 5) is 25.3. The van der Waals surface area contributed by atoms with Crippen LogP contribution in [-0.2, 0) is 9.53 Å². The summed E-state index contributed by atoms with van der Waals surface area (Å²) in [5, 5.41) is 0.405. The Morgan fingerprint density at radius 1 is 1.47 bits per heavy atom. The summed E-state index contributed by atoms with van der Waals surface area (Å²) < 4.78 is 4.74. The summed E-state index contributed by atoms with van der Waals surface area (Å²) >= 11 is 1.84. The Labute approximate surface area is 106 Å². The standard InChI is InChI=1S/C12H19NO3S/c1-13(12(15)16-2)8-7-17-10-6-4-3-5-9(14)11(8)10/h8,10-11H,3-7H2,1-2H3/t8-,10-,11+/m1/s1. The van der Waals surface area contributed by atoms with Crippen molar-refractivity contribution < 1.29 is 14.3 Å². The molecule has 0 aromatic carbocycles. The molecule has 0 spiro atoms. The molecule has 1 saturated heterocycles. The number of hydrogen-bond acceptors (Lipinski definition) is 4. The van der Waals surface area contributed by atoms with Crippen LogP contribution in [0.1, 0.15) is 25.7 Å². The van der Waals surface area contributed by atoms with Gasteiger partial charge < -0.3 is 9.64 Å². The molecule has 2 fully saturated rings. The molecule has 0 bridgehead atoms. The van der Waals surface area contributed by atoms with Crippen LogP contribution in [0.4, 0.5) is 4.79 Å². The Hall–Kier alpha value is -0.710. The number of ketones is 1. The maximum Gasteiger partial charge on any atom is 0.409 e. The molecule has 1 aliphatic heterocycles. The van der Waals surface area contributed by atoms with Crippen LogP contribution in [0.2, 0.25) is 0 Å². The van der Waals surface area contributed by atoms with Crippen molar-refractivity contribution in [1.29, 1.82) is 0 Å². The van der Waals surface area contributed by atoms with Gasteiger partial charge in [-0.2, -0.15) is 11.8 Å². The number of hydrogen-bond donors (Lipinski definition) is 0. The summed E-state index contributed by atoms with van der Waals surface area (Å²) in [6.07, 6.45) is 3.57. The van der Waals surface area contributed by atoms with E-state index in [1.165, 1.54) is 7.11 Å². The van der Waals surface area contributed by atoms with Gasteiger partial charge in [-0.15, -0.1) is 0 Å². The topological polar surface area (TPSA) is 46.6 Å². The minimum Gasteiger partial charge on any atom is -0.453 e. The minimum absolute atomic E-state index is 0.0167. The van der Waals surface area contributed by atoms with Gasteiger partial charge in [-0.3, -0.25) is 4.79 Å². The molecule has 0 radical (unpaired) electrons. The molecule has 0 aromatic heterocycles. The van der Waals surface area contributed by atoms with Gasteiger partial charge in [0.25, 0.3) is 0 Å². The highest BCUT2D eigenvalue weighted by Crippen LogP contribution is 2.41. The molecule has 1 heterocycles. The highest BCUT2D eigenvalue weighted by atomic mass is 32.2. The normalized spacial score (nSPS) is 32.8. The van der Waals surface area contributed by atoms with E-state index >= 15 is 0 Å². The van der Waals surface area contributed by atoms with Crippen LogP contribution in [0, 0.1) is 5.92 Å². The number of rotatable bonds is 1. The van der Waals surface area contributed by atoms with Crippen LogP contribution in [0.25, 0.3) is 0 Å². The van der Waals surface area contributed by atoms with Gasteiger partial charge in [0, 0.05) is 24.5 Å². The van der Waals surface area contributed by atoms with Gasteiger partial charge in [0.05, 0.1) is 19.1 Å². The first-order chi connectivity index (χ1) is 8.15. The maximum absolute atomic E-state index is 12.1. The molecule has 3 atom stereocenters. The lowest BCUT2D eigenvalue weighted by molar-refractivity contribution is -0.123. The zero-order chi connectivity index (χ0) is 12.4. The number of Topliss-reactive ketones (excluding diaryl/α,β-unsaturated/α-hetero) is 1. The van der Waals surface area contributed by atoms with E-state index in [1.807, 2.05) is 11.8 Å². The highest BCUT2D eigenvalue weighted by molar-refractivity contribution is 8.00. The Morgan fingerprint density at radius 3 is 2.94 bits per heavy atom. The van der Waals surface area contributed by atoms with E-state index in [0.29, 0.717) is 17.5 Å². The smallest absolute Gasteiger partial charge is 0.409 e. The molecule has 0 aromatic rings. The van der Waals surface area contributed by atoms with E-state index in [2.05, 4.69) is 0 Å². The molecule has 0 unspecified atom stereocenters. The van der Waals surface area contributed by atoms with E-state index in [9.17, 15) is 9.59 Å². The maximum atomic E-state index is 12.1. The van der Waals surface area contributed by atoms with Gasteiger partial charge in [0.2, 0.25) is 0 Å². The van der Waals surface area contributed by atoms with Crippen LogP contribution >= 0.6 is 11.8 Å². The number of fused-ring (bicyclic) bond motifs is 1. The minimum atomic E-state index is -0.340. The predicted octanol–water partition coefficient (Wildman–Crippen LogP) is 1.93. The van der Waals surface area contributed by atoms with Crippen LogP contribution in [0.5, 0.6) is 0 Å². The van der Waals surface area contributed by atoms with Crippen molar-refractivity contribution in [3.05, 3.63) is 0 Å². The molecule has 0 N–H and O–H groups in total. The molecular weight excluding hydrogens is 238 g/mol. The zero-order valence-electron chi connectivity index (χ0n) is 10.3. The van der Waals surface area contributed by atoms with Crippen molar-refractivity contribution in [2.24, 2.45) is 5.92 Å².